The molecule has 0 radical (unpaired) electrons. The standard InChI is InChI=1S/C15H23NO2/c1-14(2,3)11-15(4,5)16-13(17)9-8-12-7-6-10-18-12/h6-10H,11H2,1-5H3,(H,16,17)/b9-8+. The molecule has 0 aliphatic rings. The van der Waals surface area contributed by atoms with E-state index in [0.717, 1.165) is 6.42 Å². The van der Waals surface area contributed by atoms with Crippen molar-refractivity contribution in [2.24, 2.45) is 5.41 Å². The zero-order valence-corrected chi connectivity index (χ0v) is 11.9. The highest BCUT2D eigenvalue weighted by Gasteiger charge is 2.26. The molecule has 0 spiro atoms. The molecule has 1 aromatic heterocycles. The number of carbonyl (C=O) groups is 1. The minimum absolute atomic E-state index is 0.0966. The van der Waals surface area contributed by atoms with Gasteiger partial charge in [-0.1, -0.05) is 20.8 Å². The Morgan fingerprint density at radius 3 is 2.50 bits per heavy atom. The fraction of sp³-hybridized carbons (Fsp3) is 0.533. The second-order valence-electron chi connectivity index (χ2n) is 6.46. The van der Waals surface area contributed by atoms with Crippen molar-refractivity contribution in [2.45, 2.75) is 46.6 Å². The maximum absolute atomic E-state index is 11.8. The monoisotopic (exact) mass is 249 g/mol. The molecule has 3 nitrogen and oxygen atoms in total. The van der Waals surface area contributed by atoms with Crippen LogP contribution in [0.1, 0.15) is 46.8 Å². The Morgan fingerprint density at radius 2 is 2.00 bits per heavy atom. The van der Waals surface area contributed by atoms with Crippen molar-refractivity contribution >= 4 is 12.0 Å². The summed E-state index contributed by atoms with van der Waals surface area (Å²) in [5, 5.41) is 3.01. The van der Waals surface area contributed by atoms with E-state index in [-0.39, 0.29) is 16.9 Å². The molecule has 0 aliphatic carbocycles. The predicted octanol–water partition coefficient (Wildman–Crippen LogP) is 3.62. The van der Waals surface area contributed by atoms with Crippen molar-refractivity contribution in [3.05, 3.63) is 30.2 Å². The lowest BCUT2D eigenvalue weighted by Crippen LogP contribution is -2.45. The lowest BCUT2D eigenvalue weighted by molar-refractivity contribution is -0.118. The topological polar surface area (TPSA) is 42.2 Å². The average molecular weight is 249 g/mol. The predicted molar refractivity (Wildman–Crippen MR) is 74.0 cm³/mol. The molecule has 0 saturated heterocycles. The summed E-state index contributed by atoms with van der Waals surface area (Å²) in [7, 11) is 0. The highest BCUT2D eigenvalue weighted by Crippen LogP contribution is 2.26. The van der Waals surface area contributed by atoms with Crippen molar-refractivity contribution in [3.8, 4) is 0 Å². The molecule has 1 amide bonds. The van der Waals surface area contributed by atoms with Gasteiger partial charge < -0.3 is 9.73 Å². The maximum atomic E-state index is 11.8. The number of rotatable bonds is 4. The van der Waals surface area contributed by atoms with Gasteiger partial charge in [0.15, 0.2) is 0 Å². The number of furan rings is 1. The lowest BCUT2D eigenvalue weighted by atomic mass is 9.82. The summed E-state index contributed by atoms with van der Waals surface area (Å²) < 4.78 is 5.13. The first-order chi connectivity index (χ1) is 8.18. The minimum Gasteiger partial charge on any atom is -0.465 e. The molecule has 1 aromatic rings. The first-order valence-electron chi connectivity index (χ1n) is 6.22. The fourth-order valence-corrected chi connectivity index (χ4v) is 2.29. The van der Waals surface area contributed by atoms with Gasteiger partial charge in [-0.3, -0.25) is 4.79 Å². The van der Waals surface area contributed by atoms with Gasteiger partial charge in [-0.2, -0.15) is 0 Å². The van der Waals surface area contributed by atoms with Crippen molar-refractivity contribution in [1.82, 2.24) is 5.32 Å². The quantitative estimate of drug-likeness (QED) is 0.828. The normalized spacial score (nSPS) is 12.9. The molecule has 1 heterocycles. The molecule has 0 aromatic carbocycles. The van der Waals surface area contributed by atoms with E-state index < -0.39 is 0 Å². The van der Waals surface area contributed by atoms with Crippen LogP contribution >= 0.6 is 0 Å². The van der Waals surface area contributed by atoms with E-state index in [0.29, 0.717) is 5.76 Å². The van der Waals surface area contributed by atoms with Crippen LogP contribution in [-0.4, -0.2) is 11.4 Å². The zero-order chi connectivity index (χ0) is 13.8. The zero-order valence-electron chi connectivity index (χ0n) is 11.9. The highest BCUT2D eigenvalue weighted by atomic mass is 16.3. The highest BCUT2D eigenvalue weighted by molar-refractivity contribution is 5.91. The summed E-state index contributed by atoms with van der Waals surface area (Å²) in [6.07, 6.45) is 5.67. The van der Waals surface area contributed by atoms with Crippen LogP contribution in [0.15, 0.2) is 28.9 Å². The van der Waals surface area contributed by atoms with Crippen LogP contribution in [0.4, 0.5) is 0 Å². The van der Waals surface area contributed by atoms with E-state index in [1.807, 2.05) is 19.9 Å². The average Bonchev–Trinajstić information content (AvgIpc) is 2.61. The van der Waals surface area contributed by atoms with E-state index in [1.165, 1.54) is 6.08 Å². The summed E-state index contributed by atoms with van der Waals surface area (Å²) in [5.41, 5.74) is -0.0374. The van der Waals surface area contributed by atoms with Crippen LogP contribution < -0.4 is 5.32 Å². The molecule has 0 unspecified atom stereocenters. The van der Waals surface area contributed by atoms with Crippen LogP contribution in [0, 0.1) is 5.41 Å². The van der Waals surface area contributed by atoms with Crippen LogP contribution in [0.2, 0.25) is 0 Å². The SMILES string of the molecule is CC(C)(C)CC(C)(C)NC(=O)/C=C/c1ccco1. The Balaban J connectivity index is 2.54. The molecule has 0 atom stereocenters. The van der Waals surface area contributed by atoms with Gasteiger partial charge in [0.1, 0.15) is 5.76 Å². The van der Waals surface area contributed by atoms with Crippen molar-refractivity contribution < 1.29 is 9.21 Å². The number of hydrogen-bond acceptors (Lipinski definition) is 2. The Bertz CT molecular complexity index is 408. The number of carbonyl (C=O) groups excluding carboxylic acids is 1. The molecule has 18 heavy (non-hydrogen) atoms. The Morgan fingerprint density at radius 1 is 1.33 bits per heavy atom. The first-order valence-corrected chi connectivity index (χ1v) is 6.22. The number of amides is 1. The van der Waals surface area contributed by atoms with E-state index >= 15 is 0 Å². The third kappa shape index (κ3) is 5.71. The largest absolute Gasteiger partial charge is 0.465 e. The van der Waals surface area contributed by atoms with E-state index in [2.05, 4.69) is 26.1 Å². The first kappa shape index (κ1) is 14.6. The smallest absolute Gasteiger partial charge is 0.244 e. The molecule has 100 valence electrons. The molecular formula is C15H23NO2. The van der Waals surface area contributed by atoms with Crippen molar-refractivity contribution in [1.29, 1.82) is 0 Å². The molecular weight excluding hydrogens is 226 g/mol. The van der Waals surface area contributed by atoms with Crippen LogP contribution in [0.25, 0.3) is 6.08 Å². The van der Waals surface area contributed by atoms with E-state index in [1.54, 1.807) is 18.4 Å². The van der Waals surface area contributed by atoms with Gasteiger partial charge in [-0.25, -0.2) is 0 Å². The Kier molecular flexibility index (Phi) is 4.38. The summed E-state index contributed by atoms with van der Waals surface area (Å²) in [6, 6.07) is 3.60. The van der Waals surface area contributed by atoms with Crippen LogP contribution in [-0.2, 0) is 4.79 Å². The van der Waals surface area contributed by atoms with Gasteiger partial charge in [0.25, 0.3) is 0 Å². The molecule has 0 bridgehead atoms. The molecule has 0 fully saturated rings. The third-order valence-electron chi connectivity index (χ3n) is 2.38. The summed E-state index contributed by atoms with van der Waals surface area (Å²) >= 11 is 0. The minimum atomic E-state index is -0.219. The van der Waals surface area contributed by atoms with Gasteiger partial charge in [0.2, 0.25) is 5.91 Å². The van der Waals surface area contributed by atoms with Gasteiger partial charge in [0.05, 0.1) is 6.26 Å². The molecule has 3 heteroatoms. The van der Waals surface area contributed by atoms with Crippen LogP contribution in [0.3, 0.4) is 0 Å². The fourth-order valence-electron chi connectivity index (χ4n) is 2.29. The molecule has 1 N–H and O–H groups in total. The molecule has 0 saturated carbocycles. The number of nitrogens with one attached hydrogen (secondary N) is 1. The second kappa shape index (κ2) is 5.42. The molecule has 0 aliphatic heterocycles. The second-order valence-corrected chi connectivity index (χ2v) is 6.46. The van der Waals surface area contributed by atoms with E-state index in [9.17, 15) is 4.79 Å². The summed E-state index contributed by atoms with van der Waals surface area (Å²) in [4.78, 5) is 11.8. The van der Waals surface area contributed by atoms with Crippen LogP contribution in [0.5, 0.6) is 0 Å². The third-order valence-corrected chi connectivity index (χ3v) is 2.38. The summed E-state index contributed by atoms with van der Waals surface area (Å²) in [6.45, 7) is 10.6. The van der Waals surface area contributed by atoms with Crippen molar-refractivity contribution in [3.63, 3.8) is 0 Å². The number of hydrogen-bond donors (Lipinski definition) is 1. The van der Waals surface area contributed by atoms with Crippen molar-refractivity contribution in [2.75, 3.05) is 0 Å². The lowest BCUT2D eigenvalue weighted by Gasteiger charge is -2.32. The van der Waals surface area contributed by atoms with Gasteiger partial charge in [-0.05, 0) is 43.9 Å². The van der Waals surface area contributed by atoms with E-state index in [4.69, 9.17) is 4.42 Å². The Hall–Kier alpha value is -1.51. The molecule has 1 rings (SSSR count). The van der Waals surface area contributed by atoms with Gasteiger partial charge in [0, 0.05) is 11.6 Å². The summed E-state index contributed by atoms with van der Waals surface area (Å²) in [5.74, 6) is 0.583. The maximum Gasteiger partial charge on any atom is 0.244 e. The Labute approximate surface area is 109 Å². The van der Waals surface area contributed by atoms with Gasteiger partial charge >= 0.3 is 0 Å². The van der Waals surface area contributed by atoms with Gasteiger partial charge in [-0.15, -0.1) is 0 Å².